The van der Waals surface area contributed by atoms with Gasteiger partial charge in [0, 0.05) is 24.0 Å². The molecule has 0 saturated heterocycles. The lowest BCUT2D eigenvalue weighted by Gasteiger charge is -2.34. The fourth-order valence-electron chi connectivity index (χ4n) is 2.93. The average Bonchev–Trinajstić information content (AvgIpc) is 2.46. The first-order valence-electron chi connectivity index (χ1n) is 6.96. The highest BCUT2D eigenvalue weighted by Gasteiger charge is 2.24. The predicted octanol–water partition coefficient (Wildman–Crippen LogP) is 3.53. The van der Waals surface area contributed by atoms with Crippen LogP contribution in [0.1, 0.15) is 28.4 Å². The van der Waals surface area contributed by atoms with Crippen molar-refractivity contribution in [2.45, 2.75) is 20.3 Å². The summed E-state index contributed by atoms with van der Waals surface area (Å²) in [4.78, 5) is 17.6. The van der Waals surface area contributed by atoms with Crippen molar-refractivity contribution in [2.24, 2.45) is 5.92 Å². The van der Waals surface area contributed by atoms with Crippen molar-refractivity contribution in [3.05, 3.63) is 53.2 Å². The van der Waals surface area contributed by atoms with E-state index in [0.29, 0.717) is 11.5 Å². The van der Waals surface area contributed by atoms with Gasteiger partial charge in [-0.3, -0.25) is 4.79 Å². The first-order chi connectivity index (χ1) is 9.69. The van der Waals surface area contributed by atoms with Crippen molar-refractivity contribution in [2.75, 3.05) is 11.4 Å². The van der Waals surface area contributed by atoms with E-state index in [-0.39, 0.29) is 0 Å². The van der Waals surface area contributed by atoms with Crippen molar-refractivity contribution in [3.8, 4) is 0 Å². The van der Waals surface area contributed by atoms with E-state index in [4.69, 9.17) is 0 Å². The Morgan fingerprint density at radius 2 is 2.15 bits per heavy atom. The maximum Gasteiger partial charge on any atom is 0.151 e. The van der Waals surface area contributed by atoms with E-state index in [0.717, 1.165) is 30.6 Å². The molecule has 0 radical (unpaired) electrons. The molecule has 1 aliphatic rings. The number of aryl methyl sites for hydroxylation is 1. The monoisotopic (exact) mass is 266 g/mol. The molecule has 3 rings (SSSR count). The first kappa shape index (κ1) is 12.9. The van der Waals surface area contributed by atoms with Gasteiger partial charge in [0.1, 0.15) is 5.82 Å². The Hall–Kier alpha value is -2.16. The molecule has 20 heavy (non-hydrogen) atoms. The second-order valence-corrected chi connectivity index (χ2v) is 5.58. The van der Waals surface area contributed by atoms with E-state index in [1.807, 2.05) is 13.0 Å². The highest BCUT2D eigenvalue weighted by atomic mass is 16.1. The summed E-state index contributed by atoms with van der Waals surface area (Å²) >= 11 is 0. The number of para-hydroxylation sites is 1. The van der Waals surface area contributed by atoms with Crippen molar-refractivity contribution in [1.82, 2.24) is 4.98 Å². The maximum absolute atomic E-state index is 10.8. The van der Waals surface area contributed by atoms with E-state index in [2.05, 4.69) is 41.1 Å². The third-order valence-corrected chi connectivity index (χ3v) is 3.81. The zero-order chi connectivity index (χ0) is 14.1. The Kier molecular flexibility index (Phi) is 3.26. The second-order valence-electron chi connectivity index (χ2n) is 5.58. The number of anilines is 2. The standard InChI is InChI=1S/C17H18N2O/c1-12-7-15-5-3-4-6-16(15)19(10-12)17-13(2)8-14(11-20)9-18-17/h3-6,8-9,11-12H,7,10H2,1-2H3. The molecular formula is C17H18N2O. The van der Waals surface area contributed by atoms with E-state index in [1.54, 1.807) is 6.20 Å². The number of pyridine rings is 1. The van der Waals surface area contributed by atoms with E-state index in [9.17, 15) is 4.79 Å². The molecule has 1 atom stereocenters. The van der Waals surface area contributed by atoms with Crippen LogP contribution in [0.25, 0.3) is 0 Å². The number of aromatic nitrogens is 1. The minimum atomic E-state index is 0.594. The van der Waals surface area contributed by atoms with Gasteiger partial charge >= 0.3 is 0 Å². The van der Waals surface area contributed by atoms with Crippen LogP contribution in [0.4, 0.5) is 11.5 Å². The Morgan fingerprint density at radius 1 is 1.35 bits per heavy atom. The summed E-state index contributed by atoms with van der Waals surface area (Å²) in [7, 11) is 0. The summed E-state index contributed by atoms with van der Waals surface area (Å²) < 4.78 is 0. The third kappa shape index (κ3) is 2.20. The van der Waals surface area contributed by atoms with Crippen LogP contribution < -0.4 is 4.90 Å². The minimum absolute atomic E-state index is 0.594. The van der Waals surface area contributed by atoms with Crippen LogP contribution in [0, 0.1) is 12.8 Å². The van der Waals surface area contributed by atoms with Gasteiger partial charge in [0.15, 0.2) is 6.29 Å². The summed E-state index contributed by atoms with van der Waals surface area (Å²) in [5.41, 5.74) is 4.27. The van der Waals surface area contributed by atoms with Crippen LogP contribution >= 0.6 is 0 Å². The average molecular weight is 266 g/mol. The molecule has 0 aliphatic carbocycles. The molecule has 1 aromatic carbocycles. The summed E-state index contributed by atoms with van der Waals surface area (Å²) in [6.45, 7) is 5.24. The lowest BCUT2D eigenvalue weighted by Crippen LogP contribution is -2.31. The zero-order valence-corrected chi connectivity index (χ0v) is 11.8. The number of carbonyl (C=O) groups is 1. The van der Waals surface area contributed by atoms with E-state index < -0.39 is 0 Å². The molecule has 2 aromatic rings. The fourth-order valence-corrected chi connectivity index (χ4v) is 2.93. The molecule has 0 saturated carbocycles. The predicted molar refractivity (Wildman–Crippen MR) is 80.7 cm³/mol. The molecule has 0 bridgehead atoms. The van der Waals surface area contributed by atoms with Crippen molar-refractivity contribution in [3.63, 3.8) is 0 Å². The maximum atomic E-state index is 10.8. The lowest BCUT2D eigenvalue weighted by atomic mass is 9.93. The van der Waals surface area contributed by atoms with Crippen molar-refractivity contribution in [1.29, 1.82) is 0 Å². The smallest absolute Gasteiger partial charge is 0.151 e. The molecule has 1 aromatic heterocycles. The van der Waals surface area contributed by atoms with Crippen LogP contribution in [0.3, 0.4) is 0 Å². The van der Waals surface area contributed by atoms with Gasteiger partial charge in [-0.05, 0) is 42.5 Å². The molecule has 0 spiro atoms. The van der Waals surface area contributed by atoms with E-state index >= 15 is 0 Å². The molecule has 0 amide bonds. The number of rotatable bonds is 2. The highest BCUT2D eigenvalue weighted by Crippen LogP contribution is 2.35. The Morgan fingerprint density at radius 3 is 2.90 bits per heavy atom. The van der Waals surface area contributed by atoms with Crippen LogP contribution in [-0.4, -0.2) is 17.8 Å². The quantitative estimate of drug-likeness (QED) is 0.780. The lowest BCUT2D eigenvalue weighted by molar-refractivity contribution is 0.112. The number of hydrogen-bond acceptors (Lipinski definition) is 3. The molecule has 3 nitrogen and oxygen atoms in total. The Bertz CT molecular complexity index is 651. The number of hydrogen-bond donors (Lipinski definition) is 0. The molecule has 3 heteroatoms. The molecule has 1 aliphatic heterocycles. The topological polar surface area (TPSA) is 33.2 Å². The van der Waals surface area contributed by atoms with Gasteiger partial charge in [-0.25, -0.2) is 4.98 Å². The number of carbonyl (C=O) groups excluding carboxylic acids is 1. The van der Waals surface area contributed by atoms with Crippen molar-refractivity contribution < 1.29 is 4.79 Å². The second kappa shape index (κ2) is 5.08. The van der Waals surface area contributed by atoms with Crippen LogP contribution in [0.5, 0.6) is 0 Å². The fraction of sp³-hybridized carbons (Fsp3) is 0.294. The van der Waals surface area contributed by atoms with Crippen LogP contribution in [0.2, 0.25) is 0 Å². The third-order valence-electron chi connectivity index (χ3n) is 3.81. The van der Waals surface area contributed by atoms with Gasteiger partial charge in [-0.1, -0.05) is 25.1 Å². The summed E-state index contributed by atoms with van der Waals surface area (Å²) in [6, 6.07) is 10.4. The number of nitrogens with zero attached hydrogens (tertiary/aromatic N) is 2. The molecule has 2 heterocycles. The van der Waals surface area contributed by atoms with Crippen molar-refractivity contribution >= 4 is 17.8 Å². The Balaban J connectivity index is 2.08. The Labute approximate surface area is 119 Å². The first-order valence-corrected chi connectivity index (χ1v) is 6.96. The molecule has 0 fully saturated rings. The van der Waals surface area contributed by atoms with Gasteiger partial charge in [0.2, 0.25) is 0 Å². The number of aldehydes is 1. The minimum Gasteiger partial charge on any atom is -0.326 e. The van der Waals surface area contributed by atoms with E-state index in [1.165, 1.54) is 11.3 Å². The SMILES string of the molecule is Cc1cc(C=O)cnc1N1CC(C)Cc2ccccc21. The van der Waals surface area contributed by atoms with Gasteiger partial charge in [-0.2, -0.15) is 0 Å². The molecular weight excluding hydrogens is 248 g/mol. The molecule has 102 valence electrons. The zero-order valence-electron chi connectivity index (χ0n) is 11.8. The summed E-state index contributed by atoms with van der Waals surface area (Å²) in [5.74, 6) is 1.55. The van der Waals surface area contributed by atoms with Crippen LogP contribution in [-0.2, 0) is 6.42 Å². The summed E-state index contributed by atoms with van der Waals surface area (Å²) in [5, 5.41) is 0. The van der Waals surface area contributed by atoms with Gasteiger partial charge in [0.05, 0.1) is 0 Å². The van der Waals surface area contributed by atoms with Crippen LogP contribution in [0.15, 0.2) is 36.5 Å². The number of benzene rings is 1. The molecule has 0 N–H and O–H groups in total. The molecule has 1 unspecified atom stereocenters. The van der Waals surface area contributed by atoms with Gasteiger partial charge in [-0.15, -0.1) is 0 Å². The summed E-state index contributed by atoms with van der Waals surface area (Å²) in [6.07, 6.45) is 3.60. The van der Waals surface area contributed by atoms with Gasteiger partial charge in [0.25, 0.3) is 0 Å². The normalized spacial score (nSPS) is 17.7. The largest absolute Gasteiger partial charge is 0.326 e. The number of fused-ring (bicyclic) bond motifs is 1. The van der Waals surface area contributed by atoms with Gasteiger partial charge < -0.3 is 4.90 Å². The highest BCUT2D eigenvalue weighted by molar-refractivity contribution is 5.76.